The van der Waals surface area contributed by atoms with Crippen LogP contribution >= 0.6 is 12.2 Å². The fourth-order valence-electron chi connectivity index (χ4n) is 3.62. The number of rotatable bonds is 4. The molecule has 0 spiro atoms. The van der Waals surface area contributed by atoms with E-state index in [1.54, 1.807) is 42.5 Å². The van der Waals surface area contributed by atoms with Gasteiger partial charge in [0.15, 0.2) is 5.11 Å². The Balaban J connectivity index is 1.88. The topological polar surface area (TPSA) is 70.6 Å². The third kappa shape index (κ3) is 4.22. The lowest BCUT2D eigenvalue weighted by Crippen LogP contribution is -2.61. The third-order valence-corrected chi connectivity index (χ3v) is 5.29. The van der Waals surface area contributed by atoms with Gasteiger partial charge in [-0.05, 0) is 43.8 Å². The van der Waals surface area contributed by atoms with Crippen molar-refractivity contribution in [2.45, 2.75) is 25.0 Å². The largest absolute Gasteiger partial charge is 0.396 e. The first kappa shape index (κ1) is 20.4. The van der Waals surface area contributed by atoms with Crippen LogP contribution in [0.1, 0.15) is 29.3 Å². The minimum Gasteiger partial charge on any atom is -0.396 e. The first-order chi connectivity index (χ1) is 13.5. The number of thiocarbonyl (C=S) groups is 1. The smallest absolute Gasteiger partial charge is 0.257 e. The molecule has 148 valence electrons. The summed E-state index contributed by atoms with van der Waals surface area (Å²) in [5.74, 6) is -1.14. The Bertz CT molecular complexity index is 849. The average molecular weight is 402 g/mol. The molecule has 1 aliphatic rings. The Hall–Kier alpha value is -2.35. The molecular weight excluding hydrogens is 379 g/mol. The predicted octanol–water partition coefficient (Wildman–Crippen LogP) is 2.74. The van der Waals surface area contributed by atoms with Crippen LogP contribution in [0.5, 0.6) is 0 Å². The molecule has 1 amide bonds. The van der Waals surface area contributed by atoms with Gasteiger partial charge in [0.2, 0.25) is 0 Å². The molecule has 0 bridgehead atoms. The molecular formula is C21H23FN2O3S. The second kappa shape index (κ2) is 8.77. The average Bonchev–Trinajstić information content (AvgIpc) is 2.70. The molecule has 1 aliphatic heterocycles. The Kier molecular flexibility index (Phi) is 6.39. The number of amides is 1. The molecule has 1 saturated heterocycles. The van der Waals surface area contributed by atoms with Crippen LogP contribution in [0.25, 0.3) is 0 Å². The number of hydrogen-bond donors (Lipinski definition) is 3. The van der Waals surface area contributed by atoms with Crippen LogP contribution in [0.3, 0.4) is 0 Å². The van der Waals surface area contributed by atoms with Gasteiger partial charge >= 0.3 is 0 Å². The van der Waals surface area contributed by atoms with Crippen LogP contribution in [-0.4, -0.2) is 35.4 Å². The Morgan fingerprint density at radius 1 is 1.25 bits per heavy atom. The zero-order valence-corrected chi connectivity index (χ0v) is 16.3. The molecule has 2 aromatic rings. The van der Waals surface area contributed by atoms with E-state index >= 15 is 0 Å². The zero-order chi connectivity index (χ0) is 20.1. The highest BCUT2D eigenvalue weighted by Gasteiger charge is 2.46. The minimum absolute atomic E-state index is 0.0497. The Morgan fingerprint density at radius 3 is 2.61 bits per heavy atom. The van der Waals surface area contributed by atoms with Crippen LogP contribution in [0, 0.1) is 11.7 Å². The quantitative estimate of drug-likeness (QED) is 0.686. The predicted molar refractivity (Wildman–Crippen MR) is 108 cm³/mol. The molecule has 28 heavy (non-hydrogen) atoms. The van der Waals surface area contributed by atoms with Crippen molar-refractivity contribution in [2.24, 2.45) is 5.92 Å². The summed E-state index contributed by atoms with van der Waals surface area (Å²) >= 11 is 5.35. The zero-order valence-electron chi connectivity index (χ0n) is 15.5. The highest BCUT2D eigenvalue weighted by molar-refractivity contribution is 7.80. The summed E-state index contributed by atoms with van der Waals surface area (Å²) < 4.78 is 20.5. The lowest BCUT2D eigenvalue weighted by atomic mass is 9.74. The van der Waals surface area contributed by atoms with Crippen LogP contribution < -0.4 is 10.6 Å². The van der Waals surface area contributed by atoms with E-state index in [0.29, 0.717) is 17.5 Å². The lowest BCUT2D eigenvalue weighted by Gasteiger charge is -2.46. The number of carbonyl (C=O) groups excluding carboxylic acids is 1. The van der Waals surface area contributed by atoms with Crippen LogP contribution in [0.4, 0.5) is 4.39 Å². The first-order valence-corrected chi connectivity index (χ1v) is 9.53. The molecule has 0 aromatic heterocycles. The summed E-state index contributed by atoms with van der Waals surface area (Å²) in [6.07, 6.45) is 0.443. The van der Waals surface area contributed by atoms with E-state index in [-0.39, 0.29) is 36.3 Å². The van der Waals surface area contributed by atoms with Crippen molar-refractivity contribution in [1.29, 1.82) is 0 Å². The summed E-state index contributed by atoms with van der Waals surface area (Å²) in [6, 6.07) is 15.0. The third-order valence-electron chi connectivity index (χ3n) is 5.08. The number of hydrogen-bond acceptors (Lipinski definition) is 4. The standard InChI is InChI=1S/C21H23FN2O3S/c1-14-11-16(12-25)21(13-27-14,17-9-5-6-10-18(17)22)24-20(28)23-19(26)15-7-3-2-4-8-15/h2-10,14,16,25H,11-13H2,1H3,(H2,23,24,26,28)/t14-,16-,21-/m0/s1. The van der Waals surface area contributed by atoms with E-state index in [0.717, 1.165) is 0 Å². The van der Waals surface area contributed by atoms with Gasteiger partial charge in [0, 0.05) is 23.7 Å². The van der Waals surface area contributed by atoms with Gasteiger partial charge in [-0.2, -0.15) is 0 Å². The highest BCUT2D eigenvalue weighted by Crippen LogP contribution is 2.38. The maximum absolute atomic E-state index is 14.7. The summed E-state index contributed by atoms with van der Waals surface area (Å²) in [4.78, 5) is 12.4. The Labute approximate surface area is 168 Å². The van der Waals surface area contributed by atoms with Crippen molar-refractivity contribution in [2.75, 3.05) is 13.2 Å². The number of benzene rings is 2. The van der Waals surface area contributed by atoms with Gasteiger partial charge in [-0.25, -0.2) is 4.39 Å². The molecule has 3 N–H and O–H groups in total. The van der Waals surface area contributed by atoms with Gasteiger partial charge in [0.1, 0.15) is 5.82 Å². The van der Waals surface area contributed by atoms with E-state index in [9.17, 15) is 14.3 Å². The number of aliphatic hydroxyl groups is 1. The normalized spacial score (nSPS) is 24.4. The van der Waals surface area contributed by atoms with E-state index in [1.165, 1.54) is 6.07 Å². The number of nitrogens with one attached hydrogen (secondary N) is 2. The number of aliphatic hydroxyl groups excluding tert-OH is 1. The van der Waals surface area contributed by atoms with Crippen LogP contribution in [0.2, 0.25) is 0 Å². The van der Waals surface area contributed by atoms with E-state index in [2.05, 4.69) is 10.6 Å². The van der Waals surface area contributed by atoms with Crippen molar-refractivity contribution in [3.63, 3.8) is 0 Å². The number of ether oxygens (including phenoxy) is 1. The molecule has 0 unspecified atom stereocenters. The van der Waals surface area contributed by atoms with Gasteiger partial charge in [-0.15, -0.1) is 0 Å². The lowest BCUT2D eigenvalue weighted by molar-refractivity contribution is -0.0758. The minimum atomic E-state index is -1.09. The second-order valence-electron chi connectivity index (χ2n) is 6.96. The van der Waals surface area contributed by atoms with Crippen molar-refractivity contribution < 1.29 is 19.0 Å². The van der Waals surface area contributed by atoms with E-state index < -0.39 is 11.4 Å². The molecule has 3 rings (SSSR count). The Morgan fingerprint density at radius 2 is 1.93 bits per heavy atom. The van der Waals surface area contributed by atoms with Crippen molar-refractivity contribution in [3.8, 4) is 0 Å². The summed E-state index contributed by atoms with van der Waals surface area (Å²) in [5.41, 5.74) is -0.288. The van der Waals surface area contributed by atoms with Gasteiger partial charge in [-0.3, -0.25) is 10.1 Å². The van der Waals surface area contributed by atoms with Gasteiger partial charge in [-0.1, -0.05) is 36.4 Å². The van der Waals surface area contributed by atoms with Crippen molar-refractivity contribution >= 4 is 23.2 Å². The SMILES string of the molecule is C[C@H]1C[C@@H](CO)[C@](NC(=S)NC(=O)c2ccccc2)(c2ccccc2F)CO1. The summed E-state index contributed by atoms with van der Waals surface area (Å²) in [5, 5.41) is 15.8. The fourth-order valence-corrected chi connectivity index (χ4v) is 3.89. The monoisotopic (exact) mass is 402 g/mol. The van der Waals surface area contributed by atoms with Crippen molar-refractivity contribution in [3.05, 3.63) is 71.5 Å². The van der Waals surface area contributed by atoms with Crippen LogP contribution in [0.15, 0.2) is 54.6 Å². The second-order valence-corrected chi connectivity index (χ2v) is 7.37. The first-order valence-electron chi connectivity index (χ1n) is 9.12. The molecule has 2 aromatic carbocycles. The molecule has 1 heterocycles. The van der Waals surface area contributed by atoms with E-state index in [1.807, 2.05) is 13.0 Å². The van der Waals surface area contributed by atoms with Gasteiger partial charge in [0.05, 0.1) is 18.2 Å². The summed E-state index contributed by atoms with van der Waals surface area (Å²) in [7, 11) is 0. The maximum Gasteiger partial charge on any atom is 0.257 e. The molecule has 5 nitrogen and oxygen atoms in total. The molecule has 0 radical (unpaired) electrons. The molecule has 7 heteroatoms. The number of halogens is 1. The molecule has 0 aliphatic carbocycles. The van der Waals surface area contributed by atoms with Gasteiger partial charge < -0.3 is 15.2 Å². The van der Waals surface area contributed by atoms with Crippen LogP contribution in [-0.2, 0) is 10.3 Å². The molecule has 0 saturated carbocycles. The van der Waals surface area contributed by atoms with Crippen molar-refractivity contribution in [1.82, 2.24) is 10.6 Å². The van der Waals surface area contributed by atoms with E-state index in [4.69, 9.17) is 17.0 Å². The fraction of sp³-hybridized carbons (Fsp3) is 0.333. The summed E-state index contributed by atoms with van der Waals surface area (Å²) in [6.45, 7) is 1.84. The maximum atomic E-state index is 14.7. The van der Waals surface area contributed by atoms with Gasteiger partial charge in [0.25, 0.3) is 5.91 Å². The molecule has 3 atom stereocenters. The molecule has 1 fully saturated rings. The highest BCUT2D eigenvalue weighted by atomic mass is 32.1. The number of carbonyl (C=O) groups is 1.